The molecular formula is C28H44O. The third-order valence-electron chi connectivity index (χ3n) is 10.1. The van der Waals surface area contributed by atoms with Crippen molar-refractivity contribution in [3.8, 4) is 0 Å². The molecule has 0 spiro atoms. The van der Waals surface area contributed by atoms with Gasteiger partial charge in [-0.05, 0) is 97.0 Å². The Balaban J connectivity index is 1.57. The molecule has 0 aromatic carbocycles. The van der Waals surface area contributed by atoms with Gasteiger partial charge in [0.15, 0.2) is 5.78 Å². The van der Waals surface area contributed by atoms with Crippen LogP contribution in [-0.2, 0) is 4.79 Å². The highest BCUT2D eigenvalue weighted by atomic mass is 16.1. The lowest BCUT2D eigenvalue weighted by Gasteiger charge is -2.58. The molecule has 0 heterocycles. The Morgan fingerprint density at radius 3 is 2.48 bits per heavy atom. The molecule has 29 heavy (non-hydrogen) atoms. The first-order valence-electron chi connectivity index (χ1n) is 12.6. The van der Waals surface area contributed by atoms with Gasteiger partial charge in [-0.1, -0.05) is 65.5 Å². The van der Waals surface area contributed by atoms with Gasteiger partial charge in [-0.2, -0.15) is 0 Å². The molecule has 2 fully saturated rings. The molecule has 4 aliphatic carbocycles. The van der Waals surface area contributed by atoms with Gasteiger partial charge in [-0.3, -0.25) is 4.79 Å². The molecule has 1 heteroatoms. The van der Waals surface area contributed by atoms with E-state index in [-0.39, 0.29) is 5.41 Å². The lowest BCUT2D eigenvalue weighted by atomic mass is 9.46. The minimum absolute atomic E-state index is 0.236. The average Bonchev–Trinajstić information content (AvgIpc) is 3.00. The fourth-order valence-electron chi connectivity index (χ4n) is 8.40. The maximum absolute atomic E-state index is 12.1. The second-order valence-corrected chi connectivity index (χ2v) is 12.1. The Morgan fingerprint density at radius 1 is 1.00 bits per heavy atom. The van der Waals surface area contributed by atoms with Crippen molar-refractivity contribution >= 4 is 5.78 Å². The van der Waals surface area contributed by atoms with Crippen molar-refractivity contribution in [1.82, 2.24) is 0 Å². The van der Waals surface area contributed by atoms with E-state index in [9.17, 15) is 4.79 Å². The van der Waals surface area contributed by atoms with E-state index in [1.165, 1.54) is 50.5 Å². The largest absolute Gasteiger partial charge is 0.295 e. The van der Waals surface area contributed by atoms with E-state index < -0.39 is 0 Å². The molecule has 0 aliphatic heterocycles. The third-order valence-corrected chi connectivity index (χ3v) is 10.1. The van der Waals surface area contributed by atoms with Crippen LogP contribution in [0.5, 0.6) is 0 Å². The van der Waals surface area contributed by atoms with E-state index in [1.807, 2.05) is 6.08 Å². The van der Waals surface area contributed by atoms with Crippen LogP contribution in [0.1, 0.15) is 99.3 Å². The number of ketones is 1. The van der Waals surface area contributed by atoms with E-state index in [0.29, 0.717) is 11.2 Å². The van der Waals surface area contributed by atoms with Crippen molar-refractivity contribution in [2.45, 2.75) is 99.3 Å². The smallest absolute Gasteiger partial charge is 0.156 e. The van der Waals surface area contributed by atoms with Crippen LogP contribution in [0.4, 0.5) is 0 Å². The highest BCUT2D eigenvalue weighted by molar-refractivity contribution is 5.92. The maximum Gasteiger partial charge on any atom is 0.156 e. The minimum Gasteiger partial charge on any atom is -0.295 e. The predicted octanol–water partition coefficient (Wildman–Crippen LogP) is 7.76. The Labute approximate surface area is 179 Å². The molecular weight excluding hydrogens is 352 g/mol. The van der Waals surface area contributed by atoms with Crippen LogP contribution >= 0.6 is 0 Å². The normalized spacial score (nSPS) is 42.7. The molecule has 0 aromatic heterocycles. The average molecular weight is 397 g/mol. The van der Waals surface area contributed by atoms with Gasteiger partial charge < -0.3 is 0 Å². The molecule has 0 radical (unpaired) electrons. The van der Waals surface area contributed by atoms with Gasteiger partial charge in [-0.25, -0.2) is 0 Å². The van der Waals surface area contributed by atoms with Gasteiger partial charge in [0.05, 0.1) is 0 Å². The Kier molecular flexibility index (Phi) is 5.67. The van der Waals surface area contributed by atoms with Gasteiger partial charge in [0.1, 0.15) is 0 Å². The summed E-state index contributed by atoms with van der Waals surface area (Å²) >= 11 is 0. The van der Waals surface area contributed by atoms with E-state index in [4.69, 9.17) is 0 Å². The molecule has 1 nitrogen and oxygen atoms in total. The number of rotatable bonds is 5. The molecule has 4 rings (SSSR count). The van der Waals surface area contributed by atoms with Crippen LogP contribution in [0.25, 0.3) is 0 Å². The molecule has 0 bridgehead atoms. The first kappa shape index (κ1) is 21.4. The first-order valence-corrected chi connectivity index (χ1v) is 12.6. The minimum atomic E-state index is 0.236. The summed E-state index contributed by atoms with van der Waals surface area (Å²) < 4.78 is 0. The molecule has 7 atom stereocenters. The van der Waals surface area contributed by atoms with E-state index in [1.54, 1.807) is 5.57 Å². The maximum atomic E-state index is 12.1. The van der Waals surface area contributed by atoms with E-state index in [2.05, 4.69) is 47.6 Å². The zero-order chi connectivity index (χ0) is 21.0. The number of carbonyl (C=O) groups excluding carboxylic acids is 1. The van der Waals surface area contributed by atoms with Crippen molar-refractivity contribution < 1.29 is 4.79 Å². The SMILES string of the molecule is CC1=CC2=CC(=O)CC[C@]2(C)C2CCC3(C)C(C(C)CCCC(C)C)CCC3C12. The first-order chi connectivity index (χ1) is 13.7. The Morgan fingerprint density at radius 2 is 1.76 bits per heavy atom. The third kappa shape index (κ3) is 3.49. The standard InChI is InChI=1S/C28H44O/c1-18(2)8-7-9-19(3)23-10-11-24-26-20(4)16-21-17-22(29)12-14-27(21,5)25(26)13-15-28(23,24)6/h16-19,23-26H,7-15H2,1-6H3/t19?,23?,24?,25?,26?,27-,28?/m0/s1. The molecule has 0 amide bonds. The molecule has 162 valence electrons. The van der Waals surface area contributed by atoms with E-state index in [0.717, 1.165) is 48.3 Å². The highest BCUT2D eigenvalue weighted by Crippen LogP contribution is 2.67. The van der Waals surface area contributed by atoms with E-state index >= 15 is 0 Å². The summed E-state index contributed by atoms with van der Waals surface area (Å²) in [5, 5.41) is 0. The lowest BCUT2D eigenvalue weighted by Crippen LogP contribution is -2.50. The topological polar surface area (TPSA) is 17.1 Å². The highest BCUT2D eigenvalue weighted by Gasteiger charge is 2.59. The van der Waals surface area contributed by atoms with Crippen LogP contribution in [0.2, 0.25) is 0 Å². The summed E-state index contributed by atoms with van der Waals surface area (Å²) in [4.78, 5) is 12.1. The Bertz CT molecular complexity index is 712. The lowest BCUT2D eigenvalue weighted by molar-refractivity contribution is -0.116. The zero-order valence-electron chi connectivity index (χ0n) is 19.9. The van der Waals surface area contributed by atoms with Crippen molar-refractivity contribution in [2.24, 2.45) is 46.3 Å². The zero-order valence-corrected chi connectivity index (χ0v) is 19.9. The van der Waals surface area contributed by atoms with Gasteiger partial charge in [-0.15, -0.1) is 0 Å². The fourth-order valence-corrected chi connectivity index (χ4v) is 8.40. The van der Waals surface area contributed by atoms with Crippen molar-refractivity contribution in [3.05, 3.63) is 23.3 Å². The van der Waals surface area contributed by atoms with Crippen LogP contribution in [0.3, 0.4) is 0 Å². The number of hydrogen-bond donors (Lipinski definition) is 0. The summed E-state index contributed by atoms with van der Waals surface area (Å²) in [6.07, 6.45) is 16.1. The van der Waals surface area contributed by atoms with Gasteiger partial charge >= 0.3 is 0 Å². The summed E-state index contributed by atoms with van der Waals surface area (Å²) in [6.45, 7) is 14.8. The van der Waals surface area contributed by atoms with Crippen LogP contribution < -0.4 is 0 Å². The number of hydrogen-bond acceptors (Lipinski definition) is 1. The molecule has 0 aromatic rings. The molecule has 4 aliphatic rings. The van der Waals surface area contributed by atoms with Crippen molar-refractivity contribution in [3.63, 3.8) is 0 Å². The predicted molar refractivity (Wildman–Crippen MR) is 123 cm³/mol. The number of allylic oxidation sites excluding steroid dienone is 4. The van der Waals surface area contributed by atoms with Crippen molar-refractivity contribution in [2.75, 3.05) is 0 Å². The quantitative estimate of drug-likeness (QED) is 0.464. The molecule has 0 N–H and O–H groups in total. The second-order valence-electron chi connectivity index (χ2n) is 12.1. The summed E-state index contributed by atoms with van der Waals surface area (Å²) in [7, 11) is 0. The van der Waals surface area contributed by atoms with Gasteiger partial charge in [0.2, 0.25) is 0 Å². The number of fused-ring (bicyclic) bond motifs is 5. The second kappa shape index (κ2) is 7.69. The van der Waals surface area contributed by atoms with Crippen molar-refractivity contribution in [1.29, 1.82) is 0 Å². The summed E-state index contributed by atoms with van der Waals surface area (Å²) in [5.41, 5.74) is 3.70. The number of carbonyl (C=O) groups is 1. The molecule has 6 unspecified atom stereocenters. The van der Waals surface area contributed by atoms with Gasteiger partial charge in [0, 0.05) is 6.42 Å². The Hall–Kier alpha value is -0.850. The van der Waals surface area contributed by atoms with Gasteiger partial charge in [0.25, 0.3) is 0 Å². The van der Waals surface area contributed by atoms with Crippen LogP contribution in [0, 0.1) is 46.3 Å². The fraction of sp³-hybridized carbons (Fsp3) is 0.821. The monoisotopic (exact) mass is 396 g/mol. The summed E-state index contributed by atoms with van der Waals surface area (Å²) in [6, 6.07) is 0. The molecule has 2 saturated carbocycles. The molecule has 0 saturated heterocycles. The van der Waals surface area contributed by atoms with Crippen LogP contribution in [0.15, 0.2) is 23.3 Å². The van der Waals surface area contributed by atoms with Crippen LogP contribution in [-0.4, -0.2) is 5.78 Å². The summed E-state index contributed by atoms with van der Waals surface area (Å²) in [5.74, 6) is 5.31.